The smallest absolute Gasteiger partial charge is 0.120 e. The highest BCUT2D eigenvalue weighted by Crippen LogP contribution is 2.31. The van der Waals surface area contributed by atoms with Crippen molar-refractivity contribution in [2.45, 2.75) is 31.9 Å². The van der Waals surface area contributed by atoms with E-state index in [0.717, 1.165) is 24.2 Å². The quantitative estimate of drug-likeness (QED) is 0.935. The summed E-state index contributed by atoms with van der Waals surface area (Å²) in [6.07, 6.45) is 3.32. The molecule has 3 rings (SSSR count). The lowest BCUT2D eigenvalue weighted by molar-refractivity contribution is 0.305. The van der Waals surface area contributed by atoms with Gasteiger partial charge in [0.15, 0.2) is 0 Å². The van der Waals surface area contributed by atoms with Gasteiger partial charge >= 0.3 is 0 Å². The third-order valence-corrected chi connectivity index (χ3v) is 3.97. The monoisotopic (exact) mass is 278 g/mol. The first kappa shape index (κ1) is 13.7. The Morgan fingerprint density at radius 3 is 2.76 bits per heavy atom. The number of hydrogen-bond donors (Lipinski definition) is 1. The molecule has 0 unspecified atom stereocenters. The second kappa shape index (κ2) is 5.99. The number of nitriles is 1. The number of nitrogens with two attached hydrogens (primary N) is 1. The standard InChI is InChI=1S/C18H18N2O/c19-11-13-4-6-14(7-5-13)12-21-16-9-8-15-2-1-3-18(20)17(15)10-16/h4-10,18H,1-3,12,20H2/t18-/m1/s1. The average Bonchev–Trinajstić information content (AvgIpc) is 2.54. The summed E-state index contributed by atoms with van der Waals surface area (Å²) in [6, 6.07) is 15.9. The lowest BCUT2D eigenvalue weighted by atomic mass is 9.88. The van der Waals surface area contributed by atoms with Crippen LogP contribution in [-0.4, -0.2) is 0 Å². The summed E-state index contributed by atoms with van der Waals surface area (Å²) in [5.41, 5.74) is 10.5. The van der Waals surface area contributed by atoms with Crippen LogP contribution < -0.4 is 10.5 Å². The number of fused-ring (bicyclic) bond motifs is 1. The molecule has 0 bridgehead atoms. The van der Waals surface area contributed by atoms with Crippen LogP contribution in [0, 0.1) is 11.3 Å². The molecule has 1 atom stereocenters. The Morgan fingerprint density at radius 2 is 2.00 bits per heavy atom. The van der Waals surface area contributed by atoms with Gasteiger partial charge in [-0.2, -0.15) is 5.26 Å². The number of nitrogens with zero attached hydrogens (tertiary/aromatic N) is 1. The molecule has 3 nitrogen and oxygen atoms in total. The van der Waals surface area contributed by atoms with Crippen molar-refractivity contribution in [1.82, 2.24) is 0 Å². The van der Waals surface area contributed by atoms with Crippen LogP contribution in [0.2, 0.25) is 0 Å². The Bertz CT molecular complexity index is 671. The molecule has 0 radical (unpaired) electrons. The fourth-order valence-corrected chi connectivity index (χ4v) is 2.75. The van der Waals surface area contributed by atoms with Crippen molar-refractivity contribution in [3.63, 3.8) is 0 Å². The van der Waals surface area contributed by atoms with Crippen molar-refractivity contribution in [3.05, 3.63) is 64.7 Å². The van der Waals surface area contributed by atoms with E-state index >= 15 is 0 Å². The molecule has 0 aliphatic heterocycles. The lowest BCUT2D eigenvalue weighted by Gasteiger charge is -2.22. The Hall–Kier alpha value is -2.31. The van der Waals surface area contributed by atoms with E-state index in [4.69, 9.17) is 15.7 Å². The molecule has 3 heteroatoms. The first-order chi connectivity index (χ1) is 10.3. The largest absolute Gasteiger partial charge is 0.489 e. The Kier molecular flexibility index (Phi) is 3.89. The third-order valence-electron chi connectivity index (χ3n) is 3.97. The van der Waals surface area contributed by atoms with Crippen LogP contribution in [0.1, 0.15) is 41.1 Å². The number of hydrogen-bond acceptors (Lipinski definition) is 3. The zero-order valence-corrected chi connectivity index (χ0v) is 11.9. The Labute approximate surface area is 125 Å². The summed E-state index contributed by atoms with van der Waals surface area (Å²) >= 11 is 0. The first-order valence-electron chi connectivity index (χ1n) is 7.26. The van der Waals surface area contributed by atoms with E-state index in [0.29, 0.717) is 12.2 Å². The lowest BCUT2D eigenvalue weighted by Crippen LogP contribution is -2.17. The minimum Gasteiger partial charge on any atom is -0.489 e. The van der Waals surface area contributed by atoms with E-state index in [1.807, 2.05) is 30.3 Å². The van der Waals surface area contributed by atoms with Crippen molar-refractivity contribution in [1.29, 1.82) is 5.26 Å². The molecular formula is C18H18N2O. The molecule has 0 spiro atoms. The molecule has 106 valence electrons. The minimum absolute atomic E-state index is 0.132. The van der Waals surface area contributed by atoms with Gasteiger partial charge in [0, 0.05) is 6.04 Å². The summed E-state index contributed by atoms with van der Waals surface area (Å²) in [4.78, 5) is 0. The van der Waals surface area contributed by atoms with Gasteiger partial charge in [0.1, 0.15) is 12.4 Å². The van der Waals surface area contributed by atoms with Crippen LogP contribution in [0.15, 0.2) is 42.5 Å². The Balaban J connectivity index is 1.70. The van der Waals surface area contributed by atoms with Crippen molar-refractivity contribution < 1.29 is 4.74 Å². The van der Waals surface area contributed by atoms with Crippen LogP contribution in [0.25, 0.3) is 0 Å². The predicted octanol–water partition coefficient (Wildman–Crippen LogP) is 3.47. The van der Waals surface area contributed by atoms with Gasteiger partial charge in [-0.05, 0) is 60.2 Å². The second-order valence-electron chi connectivity index (χ2n) is 5.46. The molecule has 21 heavy (non-hydrogen) atoms. The molecule has 2 aromatic rings. The summed E-state index contributed by atoms with van der Waals surface area (Å²) in [6.45, 7) is 0.500. The molecule has 1 aliphatic carbocycles. The summed E-state index contributed by atoms with van der Waals surface area (Å²) < 4.78 is 5.84. The van der Waals surface area contributed by atoms with Gasteiger partial charge in [-0.15, -0.1) is 0 Å². The maximum absolute atomic E-state index is 8.78. The van der Waals surface area contributed by atoms with Gasteiger partial charge in [-0.25, -0.2) is 0 Å². The third kappa shape index (κ3) is 3.07. The molecule has 2 N–H and O–H groups in total. The van der Waals surface area contributed by atoms with E-state index in [1.54, 1.807) is 0 Å². The van der Waals surface area contributed by atoms with Gasteiger partial charge in [0.05, 0.1) is 11.6 Å². The number of aryl methyl sites for hydroxylation is 1. The molecule has 0 fully saturated rings. The Morgan fingerprint density at radius 1 is 1.19 bits per heavy atom. The number of ether oxygens (including phenoxy) is 1. The van der Waals surface area contributed by atoms with Gasteiger partial charge in [-0.1, -0.05) is 18.2 Å². The van der Waals surface area contributed by atoms with E-state index in [2.05, 4.69) is 18.2 Å². The van der Waals surface area contributed by atoms with Gasteiger partial charge < -0.3 is 10.5 Å². The van der Waals surface area contributed by atoms with Gasteiger partial charge in [0.25, 0.3) is 0 Å². The summed E-state index contributed by atoms with van der Waals surface area (Å²) in [5, 5.41) is 8.78. The fraction of sp³-hybridized carbons (Fsp3) is 0.278. The molecule has 0 aromatic heterocycles. The maximum Gasteiger partial charge on any atom is 0.120 e. The average molecular weight is 278 g/mol. The van der Waals surface area contributed by atoms with Crippen LogP contribution >= 0.6 is 0 Å². The summed E-state index contributed by atoms with van der Waals surface area (Å²) in [5.74, 6) is 0.857. The molecule has 2 aromatic carbocycles. The van der Waals surface area contributed by atoms with Crippen molar-refractivity contribution >= 4 is 0 Å². The molecule has 0 saturated carbocycles. The second-order valence-corrected chi connectivity index (χ2v) is 5.46. The normalized spacial score (nSPS) is 16.9. The SMILES string of the molecule is N#Cc1ccc(COc2ccc3c(c2)[C@H](N)CCC3)cc1. The topological polar surface area (TPSA) is 59.0 Å². The van der Waals surface area contributed by atoms with E-state index in [9.17, 15) is 0 Å². The van der Waals surface area contributed by atoms with Gasteiger partial charge in [0.2, 0.25) is 0 Å². The molecule has 0 amide bonds. The van der Waals surface area contributed by atoms with Crippen LogP contribution in [0.4, 0.5) is 0 Å². The minimum atomic E-state index is 0.132. The molecule has 0 heterocycles. The van der Waals surface area contributed by atoms with Crippen LogP contribution in [0.3, 0.4) is 0 Å². The van der Waals surface area contributed by atoms with Crippen LogP contribution in [-0.2, 0) is 13.0 Å². The molecular weight excluding hydrogens is 260 g/mol. The van der Waals surface area contributed by atoms with Crippen molar-refractivity contribution in [2.24, 2.45) is 5.73 Å². The maximum atomic E-state index is 8.78. The zero-order chi connectivity index (χ0) is 14.7. The highest BCUT2D eigenvalue weighted by molar-refractivity contribution is 5.39. The zero-order valence-electron chi connectivity index (χ0n) is 11.9. The number of benzene rings is 2. The highest BCUT2D eigenvalue weighted by Gasteiger charge is 2.17. The highest BCUT2D eigenvalue weighted by atomic mass is 16.5. The fourth-order valence-electron chi connectivity index (χ4n) is 2.75. The van der Waals surface area contributed by atoms with E-state index < -0.39 is 0 Å². The first-order valence-corrected chi connectivity index (χ1v) is 7.26. The summed E-state index contributed by atoms with van der Waals surface area (Å²) in [7, 11) is 0. The van der Waals surface area contributed by atoms with Crippen LogP contribution in [0.5, 0.6) is 5.75 Å². The van der Waals surface area contributed by atoms with Crippen molar-refractivity contribution in [3.8, 4) is 11.8 Å². The van der Waals surface area contributed by atoms with Crippen molar-refractivity contribution in [2.75, 3.05) is 0 Å². The van der Waals surface area contributed by atoms with Gasteiger partial charge in [-0.3, -0.25) is 0 Å². The molecule has 0 saturated heterocycles. The van der Waals surface area contributed by atoms with E-state index in [-0.39, 0.29) is 6.04 Å². The molecule has 1 aliphatic rings. The predicted molar refractivity (Wildman–Crippen MR) is 81.8 cm³/mol. The van der Waals surface area contributed by atoms with E-state index in [1.165, 1.54) is 17.5 Å². The number of rotatable bonds is 3.